The summed E-state index contributed by atoms with van der Waals surface area (Å²) < 4.78 is 0. The van der Waals surface area contributed by atoms with Crippen LogP contribution in [-0.2, 0) is 0 Å². The highest BCUT2D eigenvalue weighted by Gasteiger charge is 1.94. The quantitative estimate of drug-likeness (QED) is 0.561. The van der Waals surface area contributed by atoms with Gasteiger partial charge in [-0.15, -0.1) is 11.8 Å². The van der Waals surface area contributed by atoms with Crippen LogP contribution in [0.4, 0.5) is 0 Å². The standard InChI is InChI=1S/C13H21NS/c1-12(2)11-14-9-6-10-15-13-7-4-3-5-8-13/h3-5,7-8,12,14H,6,9-11H2,1-2H3. The zero-order valence-electron chi connectivity index (χ0n) is 9.70. The Bertz CT molecular complexity index is 246. The summed E-state index contributed by atoms with van der Waals surface area (Å²) in [6, 6.07) is 10.6. The van der Waals surface area contributed by atoms with E-state index >= 15 is 0 Å². The molecule has 1 aromatic rings. The molecule has 0 atom stereocenters. The second-order valence-electron chi connectivity index (χ2n) is 4.11. The van der Waals surface area contributed by atoms with Crippen molar-refractivity contribution in [3.63, 3.8) is 0 Å². The van der Waals surface area contributed by atoms with E-state index < -0.39 is 0 Å². The second-order valence-corrected chi connectivity index (χ2v) is 5.28. The molecule has 84 valence electrons. The topological polar surface area (TPSA) is 12.0 Å². The molecule has 1 aromatic carbocycles. The van der Waals surface area contributed by atoms with Gasteiger partial charge < -0.3 is 5.32 Å². The minimum absolute atomic E-state index is 0.756. The molecule has 1 nitrogen and oxygen atoms in total. The SMILES string of the molecule is CC(C)CNCCCSc1ccccc1. The van der Waals surface area contributed by atoms with Crippen LogP contribution in [0.1, 0.15) is 20.3 Å². The lowest BCUT2D eigenvalue weighted by molar-refractivity contribution is 0.552. The van der Waals surface area contributed by atoms with E-state index in [1.165, 1.54) is 17.1 Å². The van der Waals surface area contributed by atoms with Crippen molar-refractivity contribution in [1.29, 1.82) is 0 Å². The van der Waals surface area contributed by atoms with Crippen molar-refractivity contribution in [2.24, 2.45) is 5.92 Å². The molecule has 1 N–H and O–H groups in total. The Morgan fingerprint density at radius 1 is 1.20 bits per heavy atom. The predicted molar refractivity (Wildman–Crippen MR) is 69.5 cm³/mol. The maximum atomic E-state index is 3.46. The Morgan fingerprint density at radius 2 is 1.93 bits per heavy atom. The van der Waals surface area contributed by atoms with Crippen LogP contribution in [0.5, 0.6) is 0 Å². The van der Waals surface area contributed by atoms with Crippen molar-refractivity contribution in [2.75, 3.05) is 18.8 Å². The Kier molecular flexibility index (Phi) is 6.53. The monoisotopic (exact) mass is 223 g/mol. The molecule has 0 unspecified atom stereocenters. The van der Waals surface area contributed by atoms with Gasteiger partial charge in [0.05, 0.1) is 0 Å². The smallest absolute Gasteiger partial charge is 0.00719 e. The molecular weight excluding hydrogens is 202 g/mol. The van der Waals surface area contributed by atoms with Crippen molar-refractivity contribution < 1.29 is 0 Å². The molecule has 0 saturated heterocycles. The molecule has 0 aliphatic carbocycles. The maximum absolute atomic E-state index is 3.46. The first kappa shape index (κ1) is 12.6. The van der Waals surface area contributed by atoms with Crippen molar-refractivity contribution in [3.8, 4) is 0 Å². The average Bonchev–Trinajstić information content (AvgIpc) is 2.24. The van der Waals surface area contributed by atoms with Crippen LogP contribution in [0.15, 0.2) is 35.2 Å². The van der Waals surface area contributed by atoms with Gasteiger partial charge in [-0.1, -0.05) is 32.0 Å². The third-order valence-corrected chi connectivity index (χ3v) is 3.16. The van der Waals surface area contributed by atoms with Crippen LogP contribution < -0.4 is 5.32 Å². The van der Waals surface area contributed by atoms with Gasteiger partial charge >= 0.3 is 0 Å². The highest BCUT2D eigenvalue weighted by atomic mass is 32.2. The van der Waals surface area contributed by atoms with Crippen LogP contribution in [0.25, 0.3) is 0 Å². The zero-order valence-corrected chi connectivity index (χ0v) is 10.5. The lowest BCUT2D eigenvalue weighted by Crippen LogP contribution is -2.21. The largest absolute Gasteiger partial charge is 0.316 e. The molecule has 2 heteroatoms. The van der Waals surface area contributed by atoms with Crippen LogP contribution in [0, 0.1) is 5.92 Å². The van der Waals surface area contributed by atoms with Gasteiger partial charge in [-0.2, -0.15) is 0 Å². The van der Waals surface area contributed by atoms with E-state index in [-0.39, 0.29) is 0 Å². The fourth-order valence-electron chi connectivity index (χ4n) is 1.29. The van der Waals surface area contributed by atoms with E-state index in [1.54, 1.807) is 0 Å². The predicted octanol–water partition coefficient (Wildman–Crippen LogP) is 3.41. The molecule has 0 saturated carbocycles. The minimum atomic E-state index is 0.756. The Hall–Kier alpha value is -0.470. The van der Waals surface area contributed by atoms with Gasteiger partial charge in [-0.25, -0.2) is 0 Å². The molecule has 15 heavy (non-hydrogen) atoms. The van der Waals surface area contributed by atoms with Crippen molar-refractivity contribution in [2.45, 2.75) is 25.2 Å². The fourth-order valence-corrected chi connectivity index (χ4v) is 2.17. The van der Waals surface area contributed by atoms with Crippen LogP contribution in [-0.4, -0.2) is 18.8 Å². The average molecular weight is 223 g/mol. The number of thioether (sulfide) groups is 1. The van der Waals surface area contributed by atoms with E-state index in [4.69, 9.17) is 0 Å². The van der Waals surface area contributed by atoms with Gasteiger partial charge in [-0.3, -0.25) is 0 Å². The van der Waals surface area contributed by atoms with Gasteiger partial charge in [0.15, 0.2) is 0 Å². The maximum Gasteiger partial charge on any atom is 0.00719 e. The third-order valence-electron chi connectivity index (χ3n) is 2.06. The molecule has 0 fully saturated rings. The molecule has 1 rings (SSSR count). The van der Waals surface area contributed by atoms with E-state index in [0.29, 0.717) is 0 Å². The summed E-state index contributed by atoms with van der Waals surface area (Å²) >= 11 is 1.94. The summed E-state index contributed by atoms with van der Waals surface area (Å²) in [6.45, 7) is 6.76. The van der Waals surface area contributed by atoms with E-state index in [2.05, 4.69) is 49.5 Å². The van der Waals surface area contributed by atoms with Crippen LogP contribution >= 0.6 is 11.8 Å². The molecule has 0 bridgehead atoms. The Labute approximate surface area is 97.7 Å². The van der Waals surface area contributed by atoms with E-state index in [0.717, 1.165) is 19.0 Å². The lowest BCUT2D eigenvalue weighted by Gasteiger charge is -2.06. The summed E-state index contributed by atoms with van der Waals surface area (Å²) in [5, 5.41) is 3.46. The van der Waals surface area contributed by atoms with Gasteiger partial charge in [0, 0.05) is 4.90 Å². The molecule has 0 aliphatic rings. The van der Waals surface area contributed by atoms with Gasteiger partial charge in [-0.05, 0) is 43.3 Å². The summed E-state index contributed by atoms with van der Waals surface area (Å²) in [4.78, 5) is 1.38. The van der Waals surface area contributed by atoms with E-state index in [1.807, 2.05) is 11.8 Å². The first-order valence-corrected chi connectivity index (χ1v) is 6.66. The van der Waals surface area contributed by atoms with Gasteiger partial charge in [0.1, 0.15) is 0 Å². The lowest BCUT2D eigenvalue weighted by atomic mass is 10.2. The van der Waals surface area contributed by atoms with Crippen molar-refractivity contribution in [1.82, 2.24) is 5.32 Å². The number of nitrogens with one attached hydrogen (secondary N) is 1. The van der Waals surface area contributed by atoms with Gasteiger partial charge in [0.2, 0.25) is 0 Å². The Balaban J connectivity index is 1.98. The van der Waals surface area contributed by atoms with Gasteiger partial charge in [0.25, 0.3) is 0 Å². The molecule has 0 amide bonds. The normalized spacial score (nSPS) is 10.9. The summed E-state index contributed by atoms with van der Waals surface area (Å²) in [6.07, 6.45) is 1.24. The molecule has 0 aliphatic heterocycles. The number of rotatable bonds is 7. The second kappa shape index (κ2) is 7.77. The van der Waals surface area contributed by atoms with Crippen LogP contribution in [0.2, 0.25) is 0 Å². The molecule has 0 heterocycles. The first-order valence-electron chi connectivity index (χ1n) is 5.67. The molecule has 0 radical (unpaired) electrons. The minimum Gasteiger partial charge on any atom is -0.316 e. The zero-order chi connectivity index (χ0) is 10.9. The summed E-state index contributed by atoms with van der Waals surface area (Å²) in [5.41, 5.74) is 0. The van der Waals surface area contributed by atoms with E-state index in [9.17, 15) is 0 Å². The third kappa shape index (κ3) is 6.58. The van der Waals surface area contributed by atoms with Crippen molar-refractivity contribution in [3.05, 3.63) is 30.3 Å². The first-order chi connectivity index (χ1) is 7.29. The summed E-state index contributed by atoms with van der Waals surface area (Å²) in [7, 11) is 0. The molecule has 0 aromatic heterocycles. The van der Waals surface area contributed by atoms with Crippen LogP contribution in [0.3, 0.4) is 0 Å². The molecular formula is C13H21NS. The molecule has 0 spiro atoms. The summed E-state index contributed by atoms with van der Waals surface area (Å²) in [5.74, 6) is 1.96. The number of hydrogen-bond donors (Lipinski definition) is 1. The highest BCUT2D eigenvalue weighted by molar-refractivity contribution is 7.99. The van der Waals surface area contributed by atoms with Crippen molar-refractivity contribution >= 4 is 11.8 Å². The number of benzene rings is 1. The Morgan fingerprint density at radius 3 is 2.60 bits per heavy atom. The fraction of sp³-hybridized carbons (Fsp3) is 0.538. The number of hydrogen-bond acceptors (Lipinski definition) is 2. The highest BCUT2D eigenvalue weighted by Crippen LogP contribution is 2.17.